The Bertz CT molecular complexity index is 575. The van der Waals surface area contributed by atoms with Crippen molar-refractivity contribution < 1.29 is 17.6 Å². The number of ether oxygens (including phenoxy) is 1. The van der Waals surface area contributed by atoms with E-state index in [2.05, 4.69) is 30.9 Å². The molecule has 0 aromatic carbocycles. The number of hydrogen-bond acceptors (Lipinski definition) is 6. The number of likely N-dealkylation sites (N-methyl/N-ethyl adjacent to an activating group) is 1. The molecule has 1 aromatic heterocycles. The first-order valence-electron chi connectivity index (χ1n) is 6.65. The van der Waals surface area contributed by atoms with Crippen LogP contribution in [-0.2, 0) is 21.3 Å². The van der Waals surface area contributed by atoms with Crippen molar-refractivity contribution in [3.05, 3.63) is 16.5 Å². The topological polar surface area (TPSA) is 83.8 Å². The summed E-state index contributed by atoms with van der Waals surface area (Å²) >= 11 is 3.15. The van der Waals surface area contributed by atoms with E-state index in [4.69, 9.17) is 9.15 Å². The molecule has 0 bridgehead atoms. The van der Waals surface area contributed by atoms with Gasteiger partial charge >= 0.3 is 0 Å². The van der Waals surface area contributed by atoms with Gasteiger partial charge < -0.3 is 19.4 Å². The third kappa shape index (κ3) is 4.51. The van der Waals surface area contributed by atoms with Crippen LogP contribution in [0.15, 0.2) is 20.0 Å². The average molecular weight is 382 g/mol. The minimum atomic E-state index is -3.62. The van der Waals surface area contributed by atoms with Crippen LogP contribution in [0.25, 0.3) is 0 Å². The Labute approximate surface area is 133 Å². The normalized spacial score (nSPS) is 20.8. The minimum Gasteiger partial charge on any atom is -0.452 e. The lowest BCUT2D eigenvalue weighted by molar-refractivity contribution is -0.0156. The van der Waals surface area contributed by atoms with Gasteiger partial charge in [-0.05, 0) is 30.0 Å². The molecule has 0 spiro atoms. The van der Waals surface area contributed by atoms with Gasteiger partial charge in [-0.2, -0.15) is 0 Å². The van der Waals surface area contributed by atoms with Gasteiger partial charge in [0.25, 0.3) is 0 Å². The molecule has 1 fully saturated rings. The van der Waals surface area contributed by atoms with Crippen LogP contribution in [0.4, 0.5) is 0 Å². The molecule has 1 aromatic rings. The Morgan fingerprint density at radius 3 is 2.95 bits per heavy atom. The van der Waals surface area contributed by atoms with Gasteiger partial charge in [-0.1, -0.05) is 0 Å². The molecule has 1 aliphatic heterocycles. The van der Waals surface area contributed by atoms with Gasteiger partial charge in [0, 0.05) is 25.7 Å². The zero-order chi connectivity index (χ0) is 15.5. The molecule has 0 aliphatic carbocycles. The van der Waals surface area contributed by atoms with Gasteiger partial charge in [0.1, 0.15) is 10.7 Å². The molecule has 2 N–H and O–H groups in total. The van der Waals surface area contributed by atoms with Gasteiger partial charge in [0.2, 0.25) is 10.0 Å². The van der Waals surface area contributed by atoms with E-state index in [-0.39, 0.29) is 22.2 Å². The summed E-state index contributed by atoms with van der Waals surface area (Å²) in [5.74, 6) is 0.554. The highest BCUT2D eigenvalue weighted by molar-refractivity contribution is 9.10. The van der Waals surface area contributed by atoms with Crippen molar-refractivity contribution in [3.8, 4) is 0 Å². The number of morpholine rings is 1. The third-order valence-corrected chi connectivity index (χ3v) is 5.47. The second-order valence-corrected chi connectivity index (χ2v) is 7.44. The summed E-state index contributed by atoms with van der Waals surface area (Å²) in [7, 11) is 0.128. The van der Waals surface area contributed by atoms with E-state index < -0.39 is 10.0 Å². The van der Waals surface area contributed by atoms with Crippen molar-refractivity contribution in [3.63, 3.8) is 0 Å². The summed E-state index contributed by atoms with van der Waals surface area (Å²) in [5, 5.41) is 2.91. The van der Waals surface area contributed by atoms with Gasteiger partial charge in [0.15, 0.2) is 4.67 Å². The molecule has 9 heteroatoms. The summed E-state index contributed by atoms with van der Waals surface area (Å²) in [4.78, 5) is 2.22. The van der Waals surface area contributed by atoms with Crippen LogP contribution in [0.1, 0.15) is 5.76 Å². The zero-order valence-electron chi connectivity index (χ0n) is 12.1. The number of sulfonamides is 1. The van der Waals surface area contributed by atoms with Crippen LogP contribution in [0, 0.1) is 0 Å². The van der Waals surface area contributed by atoms with Gasteiger partial charge in [-0.15, -0.1) is 0 Å². The molecular weight excluding hydrogens is 362 g/mol. The van der Waals surface area contributed by atoms with Gasteiger partial charge in [-0.3, -0.25) is 0 Å². The highest BCUT2D eigenvalue weighted by atomic mass is 79.9. The molecule has 120 valence electrons. The molecule has 1 aliphatic rings. The summed E-state index contributed by atoms with van der Waals surface area (Å²) in [5.41, 5.74) is 0. The lowest BCUT2D eigenvalue weighted by Gasteiger charge is -2.29. The number of furan rings is 1. The fourth-order valence-electron chi connectivity index (χ4n) is 2.11. The van der Waals surface area contributed by atoms with Crippen LogP contribution in [0.2, 0.25) is 0 Å². The Hall–Kier alpha value is -0.450. The predicted molar refractivity (Wildman–Crippen MR) is 81.6 cm³/mol. The Kier molecular flexibility index (Phi) is 5.81. The summed E-state index contributed by atoms with van der Waals surface area (Å²) in [6.07, 6.45) is -0.138. The predicted octanol–water partition coefficient (Wildman–Crippen LogP) is 0.370. The monoisotopic (exact) mass is 381 g/mol. The molecule has 2 heterocycles. The zero-order valence-corrected chi connectivity index (χ0v) is 14.5. The summed E-state index contributed by atoms with van der Waals surface area (Å²) in [6, 6.07) is 1.51. The Morgan fingerprint density at radius 1 is 1.52 bits per heavy atom. The second kappa shape index (κ2) is 7.21. The number of rotatable bonds is 6. The van der Waals surface area contributed by atoms with Crippen molar-refractivity contribution in [2.75, 3.05) is 40.3 Å². The summed E-state index contributed by atoms with van der Waals surface area (Å²) < 4.78 is 38.3. The molecular formula is C12H20BrN3O4S. The standard InChI is InChI=1S/C12H20BrN3O4S/c1-14-6-9-5-11(12(13)20-9)21(17,18)15-7-10-8-16(2)3-4-19-10/h5,10,14-15H,3-4,6-8H2,1-2H3. The van der Waals surface area contributed by atoms with Crippen molar-refractivity contribution in [2.24, 2.45) is 0 Å². The maximum absolute atomic E-state index is 12.3. The van der Waals surface area contributed by atoms with E-state index in [1.165, 1.54) is 6.07 Å². The fraction of sp³-hybridized carbons (Fsp3) is 0.667. The van der Waals surface area contributed by atoms with Crippen molar-refractivity contribution in [1.82, 2.24) is 14.9 Å². The van der Waals surface area contributed by atoms with Crippen molar-refractivity contribution >= 4 is 26.0 Å². The van der Waals surface area contributed by atoms with Crippen LogP contribution >= 0.6 is 15.9 Å². The highest BCUT2D eigenvalue weighted by Crippen LogP contribution is 2.26. The number of hydrogen-bond donors (Lipinski definition) is 2. The lowest BCUT2D eigenvalue weighted by atomic mass is 10.3. The van der Waals surface area contributed by atoms with E-state index in [0.29, 0.717) is 25.5 Å². The first kappa shape index (κ1) is 16.9. The molecule has 0 radical (unpaired) electrons. The number of halogens is 1. The van der Waals surface area contributed by atoms with Gasteiger partial charge in [0.05, 0.1) is 19.3 Å². The smallest absolute Gasteiger partial charge is 0.245 e. The molecule has 0 amide bonds. The second-order valence-electron chi connectivity index (χ2n) is 4.99. The van der Waals surface area contributed by atoms with E-state index in [1.807, 2.05) is 7.05 Å². The van der Waals surface area contributed by atoms with Crippen molar-refractivity contribution in [2.45, 2.75) is 17.5 Å². The maximum atomic E-state index is 12.3. The van der Waals surface area contributed by atoms with Crippen LogP contribution in [0.3, 0.4) is 0 Å². The van der Waals surface area contributed by atoms with Crippen LogP contribution < -0.4 is 10.0 Å². The molecule has 1 unspecified atom stereocenters. The highest BCUT2D eigenvalue weighted by Gasteiger charge is 2.25. The number of nitrogens with one attached hydrogen (secondary N) is 2. The Balaban J connectivity index is 2.01. The molecule has 0 saturated carbocycles. The first-order valence-corrected chi connectivity index (χ1v) is 8.92. The van der Waals surface area contributed by atoms with Crippen molar-refractivity contribution in [1.29, 1.82) is 0 Å². The minimum absolute atomic E-state index is 0.108. The fourth-order valence-corrected chi connectivity index (χ4v) is 4.18. The number of nitrogens with zero attached hydrogens (tertiary/aromatic N) is 1. The van der Waals surface area contributed by atoms with Crippen LogP contribution in [-0.4, -0.2) is 59.8 Å². The maximum Gasteiger partial charge on any atom is 0.245 e. The molecule has 1 atom stereocenters. The van der Waals surface area contributed by atoms with E-state index in [9.17, 15) is 8.42 Å². The summed E-state index contributed by atoms with van der Waals surface area (Å²) in [6.45, 7) is 2.89. The lowest BCUT2D eigenvalue weighted by Crippen LogP contribution is -2.45. The Morgan fingerprint density at radius 2 is 2.29 bits per heavy atom. The molecule has 1 saturated heterocycles. The first-order chi connectivity index (χ1) is 9.92. The van der Waals surface area contributed by atoms with E-state index >= 15 is 0 Å². The molecule has 2 rings (SSSR count). The quantitative estimate of drug-likeness (QED) is 0.740. The van der Waals surface area contributed by atoms with Crippen LogP contribution in [0.5, 0.6) is 0 Å². The molecule has 7 nitrogen and oxygen atoms in total. The third-order valence-electron chi connectivity index (χ3n) is 3.19. The average Bonchev–Trinajstić information content (AvgIpc) is 2.79. The SMILES string of the molecule is CNCc1cc(S(=O)(=O)NCC2CN(C)CCO2)c(Br)o1. The van der Waals surface area contributed by atoms with Gasteiger partial charge in [-0.25, -0.2) is 13.1 Å². The molecule has 21 heavy (non-hydrogen) atoms. The van der Waals surface area contributed by atoms with E-state index in [0.717, 1.165) is 6.54 Å². The van der Waals surface area contributed by atoms with E-state index in [1.54, 1.807) is 7.05 Å². The largest absolute Gasteiger partial charge is 0.452 e.